The molecule has 2 bridgehead atoms. The molecule has 190 valence electrons. The van der Waals surface area contributed by atoms with Crippen molar-refractivity contribution < 1.29 is 14.0 Å². The van der Waals surface area contributed by atoms with Crippen molar-refractivity contribution >= 4 is 40.9 Å². The van der Waals surface area contributed by atoms with E-state index in [1.807, 2.05) is 23.9 Å². The molecule has 2 aliphatic carbocycles. The van der Waals surface area contributed by atoms with Crippen LogP contribution < -0.4 is 16.4 Å². The van der Waals surface area contributed by atoms with Crippen LogP contribution in [-0.4, -0.2) is 22.3 Å². The molecular formula is C30H31FN4O2. The number of nitrogens with zero attached hydrogens (tertiary/aromatic N) is 1. The van der Waals surface area contributed by atoms with E-state index >= 15 is 0 Å². The average Bonchev–Trinajstić information content (AvgIpc) is 3.60. The molecule has 7 heteroatoms. The van der Waals surface area contributed by atoms with Gasteiger partial charge in [-0.25, -0.2) is 4.39 Å². The third kappa shape index (κ3) is 5.66. The van der Waals surface area contributed by atoms with Crippen LogP contribution in [0.5, 0.6) is 0 Å². The summed E-state index contributed by atoms with van der Waals surface area (Å²) in [6, 6.07) is 13.9. The molecule has 3 aromatic rings. The highest BCUT2D eigenvalue weighted by Gasteiger charge is 2.39. The first kappa shape index (κ1) is 24.6. The number of benzene rings is 2. The third-order valence-electron chi connectivity index (χ3n) is 7.45. The van der Waals surface area contributed by atoms with Crippen LogP contribution in [0.3, 0.4) is 0 Å². The smallest absolute Gasteiger partial charge is 0.248 e. The number of hydrogen-bond acceptors (Lipinski definition) is 4. The predicted molar refractivity (Wildman–Crippen MR) is 147 cm³/mol. The van der Waals surface area contributed by atoms with Gasteiger partial charge in [-0.3, -0.25) is 9.59 Å². The molecule has 0 spiro atoms. The van der Waals surface area contributed by atoms with E-state index in [0.717, 1.165) is 23.6 Å². The molecule has 5 rings (SSSR count). The molecular weight excluding hydrogens is 467 g/mol. The molecule has 1 amide bonds. The van der Waals surface area contributed by atoms with E-state index in [-0.39, 0.29) is 11.7 Å². The van der Waals surface area contributed by atoms with Crippen molar-refractivity contribution in [2.24, 2.45) is 18.9 Å². The first-order valence-electron chi connectivity index (χ1n) is 12.6. The standard InChI is InChI=1S/C30H31FN4O2/c1-35-18-20(15-23(35)10-13-30(37)34-27-5-3-2-4-25(27)32)7-12-29(36)22-9-11-26(24(31)17-22)33-28-16-19-6-8-21(28)14-19/h2-5,7,9-13,15,17-19,21,28,33H,6,8,14,16,32H2,1H3,(H,34,37)/b12-7+,13-10+. The lowest BCUT2D eigenvalue weighted by molar-refractivity contribution is -0.111. The second kappa shape index (κ2) is 10.5. The Morgan fingerprint density at radius 3 is 2.59 bits per heavy atom. The number of carbonyl (C=O) groups is 2. The quantitative estimate of drug-likeness (QED) is 0.205. The van der Waals surface area contributed by atoms with Crippen LogP contribution in [-0.2, 0) is 11.8 Å². The van der Waals surface area contributed by atoms with Gasteiger partial charge < -0.3 is 20.9 Å². The van der Waals surface area contributed by atoms with Crippen molar-refractivity contribution in [3.63, 3.8) is 0 Å². The van der Waals surface area contributed by atoms with Gasteiger partial charge >= 0.3 is 0 Å². The van der Waals surface area contributed by atoms with Crippen molar-refractivity contribution in [2.45, 2.75) is 31.7 Å². The van der Waals surface area contributed by atoms with Crippen molar-refractivity contribution in [2.75, 3.05) is 16.4 Å². The summed E-state index contributed by atoms with van der Waals surface area (Å²) in [6.07, 6.45) is 12.9. The monoisotopic (exact) mass is 498 g/mol. The van der Waals surface area contributed by atoms with E-state index in [4.69, 9.17) is 5.73 Å². The zero-order chi connectivity index (χ0) is 25.9. The van der Waals surface area contributed by atoms with Gasteiger partial charge in [0.25, 0.3) is 0 Å². The summed E-state index contributed by atoms with van der Waals surface area (Å²) < 4.78 is 16.6. The predicted octanol–water partition coefficient (Wildman–Crippen LogP) is 5.89. The second-order valence-electron chi connectivity index (χ2n) is 10.0. The molecule has 2 aromatic carbocycles. The summed E-state index contributed by atoms with van der Waals surface area (Å²) in [6.45, 7) is 0. The lowest BCUT2D eigenvalue weighted by atomic mass is 9.95. The number of anilines is 3. The number of nitrogen functional groups attached to an aromatic ring is 1. The number of fused-ring (bicyclic) bond motifs is 2. The molecule has 2 fully saturated rings. The number of aryl methyl sites for hydroxylation is 1. The Balaban J connectivity index is 1.19. The number of nitrogens with two attached hydrogens (primary N) is 1. The Labute approximate surface area is 216 Å². The van der Waals surface area contributed by atoms with E-state index in [9.17, 15) is 14.0 Å². The average molecular weight is 499 g/mol. The Bertz CT molecular complexity index is 1390. The van der Waals surface area contributed by atoms with Crippen molar-refractivity contribution in [3.05, 3.63) is 89.5 Å². The highest BCUT2D eigenvalue weighted by Crippen LogP contribution is 2.45. The van der Waals surface area contributed by atoms with Gasteiger partial charge in [0.15, 0.2) is 5.78 Å². The Hall–Kier alpha value is -4.13. The molecule has 1 aromatic heterocycles. The van der Waals surface area contributed by atoms with Crippen LogP contribution >= 0.6 is 0 Å². The minimum atomic E-state index is -0.398. The first-order valence-corrected chi connectivity index (χ1v) is 12.6. The molecule has 0 radical (unpaired) electrons. The number of hydrogen-bond donors (Lipinski definition) is 3. The van der Waals surface area contributed by atoms with Gasteiger partial charge in [0, 0.05) is 36.6 Å². The molecule has 2 aliphatic rings. The van der Waals surface area contributed by atoms with E-state index in [0.29, 0.717) is 34.6 Å². The molecule has 3 atom stereocenters. The van der Waals surface area contributed by atoms with Gasteiger partial charge in [-0.15, -0.1) is 0 Å². The van der Waals surface area contributed by atoms with Crippen LogP contribution in [0.15, 0.2) is 66.9 Å². The van der Waals surface area contributed by atoms with Gasteiger partial charge in [-0.05, 0) is 91.3 Å². The van der Waals surface area contributed by atoms with Gasteiger partial charge in [-0.2, -0.15) is 0 Å². The molecule has 3 unspecified atom stereocenters. The number of amides is 1. The summed E-state index contributed by atoms with van der Waals surface area (Å²) in [5.74, 6) is 0.440. The fraction of sp³-hybridized carbons (Fsp3) is 0.267. The maximum atomic E-state index is 14.7. The van der Waals surface area contributed by atoms with E-state index < -0.39 is 5.82 Å². The number of rotatable bonds is 8. The number of halogens is 1. The second-order valence-corrected chi connectivity index (χ2v) is 10.0. The molecule has 1 heterocycles. The summed E-state index contributed by atoms with van der Waals surface area (Å²) in [4.78, 5) is 24.9. The topological polar surface area (TPSA) is 89.2 Å². The lowest BCUT2D eigenvalue weighted by Crippen LogP contribution is -2.26. The van der Waals surface area contributed by atoms with Crippen LogP contribution in [0.1, 0.15) is 47.3 Å². The Kier molecular flexibility index (Phi) is 6.95. The third-order valence-corrected chi connectivity index (χ3v) is 7.45. The maximum absolute atomic E-state index is 14.7. The first-order chi connectivity index (χ1) is 17.9. The molecule has 0 aliphatic heterocycles. The number of nitrogens with one attached hydrogen (secondary N) is 2. The van der Waals surface area contributed by atoms with Crippen molar-refractivity contribution in [3.8, 4) is 0 Å². The summed E-state index contributed by atoms with van der Waals surface area (Å²) in [7, 11) is 1.85. The fourth-order valence-electron chi connectivity index (χ4n) is 5.49. The number of carbonyl (C=O) groups excluding carboxylic acids is 2. The van der Waals surface area contributed by atoms with E-state index in [1.54, 1.807) is 48.6 Å². The molecule has 37 heavy (non-hydrogen) atoms. The van der Waals surface area contributed by atoms with Crippen LogP contribution in [0.25, 0.3) is 12.2 Å². The van der Waals surface area contributed by atoms with Gasteiger partial charge in [0.1, 0.15) is 5.82 Å². The zero-order valence-corrected chi connectivity index (χ0v) is 20.8. The largest absolute Gasteiger partial charge is 0.397 e. The summed E-state index contributed by atoms with van der Waals surface area (Å²) in [5.41, 5.74) is 9.25. The SMILES string of the molecule is Cn1cc(/C=C/C(=O)c2ccc(NC3CC4CCC3C4)c(F)c2)cc1/C=C/C(=O)Nc1ccccc1N. The van der Waals surface area contributed by atoms with Gasteiger partial charge in [0.05, 0.1) is 17.1 Å². The Morgan fingerprint density at radius 2 is 1.86 bits per heavy atom. The highest BCUT2D eigenvalue weighted by atomic mass is 19.1. The van der Waals surface area contributed by atoms with E-state index in [2.05, 4.69) is 10.6 Å². The lowest BCUT2D eigenvalue weighted by Gasteiger charge is -2.24. The molecule has 4 N–H and O–H groups in total. The zero-order valence-electron chi connectivity index (χ0n) is 20.8. The maximum Gasteiger partial charge on any atom is 0.248 e. The normalized spacial score (nSPS) is 20.6. The minimum Gasteiger partial charge on any atom is -0.397 e. The minimum absolute atomic E-state index is 0.272. The van der Waals surface area contributed by atoms with E-state index in [1.165, 1.54) is 37.5 Å². The number of ketones is 1. The molecule has 2 saturated carbocycles. The highest BCUT2D eigenvalue weighted by molar-refractivity contribution is 6.07. The summed E-state index contributed by atoms with van der Waals surface area (Å²) in [5, 5.41) is 6.11. The number of para-hydroxylation sites is 2. The Morgan fingerprint density at radius 1 is 1.03 bits per heavy atom. The molecule has 0 saturated heterocycles. The van der Waals surface area contributed by atoms with Crippen LogP contribution in [0, 0.1) is 17.7 Å². The molecule has 6 nitrogen and oxygen atoms in total. The van der Waals surface area contributed by atoms with Gasteiger partial charge in [-0.1, -0.05) is 18.6 Å². The van der Waals surface area contributed by atoms with Crippen molar-refractivity contribution in [1.29, 1.82) is 0 Å². The van der Waals surface area contributed by atoms with Crippen molar-refractivity contribution in [1.82, 2.24) is 4.57 Å². The summed E-state index contributed by atoms with van der Waals surface area (Å²) >= 11 is 0. The van der Waals surface area contributed by atoms with Gasteiger partial charge in [0.2, 0.25) is 5.91 Å². The van der Waals surface area contributed by atoms with Crippen LogP contribution in [0.2, 0.25) is 0 Å². The fourth-order valence-corrected chi connectivity index (χ4v) is 5.49. The number of aromatic nitrogens is 1. The number of allylic oxidation sites excluding steroid dienone is 1. The van der Waals surface area contributed by atoms with Crippen LogP contribution in [0.4, 0.5) is 21.5 Å².